The molecular weight excluding hydrogens is 208 g/mol. The molecule has 0 spiro atoms. The predicted molar refractivity (Wildman–Crippen MR) is 61.1 cm³/mol. The fourth-order valence-corrected chi connectivity index (χ4v) is 1.89. The largest absolute Gasteiger partial charge is 0.380 e. The first kappa shape index (κ1) is 13.4. The molecule has 0 bridgehead atoms. The summed E-state index contributed by atoms with van der Waals surface area (Å²) in [6.45, 7) is 6.22. The van der Waals surface area contributed by atoms with E-state index < -0.39 is 0 Å². The van der Waals surface area contributed by atoms with Gasteiger partial charge in [-0.3, -0.25) is 4.79 Å². The maximum atomic E-state index is 12.1. The molecule has 1 heterocycles. The summed E-state index contributed by atoms with van der Waals surface area (Å²) in [6, 6.07) is 0. The maximum Gasteiger partial charge on any atom is 0.225 e. The number of carbonyl (C=O) groups excluding carboxylic acids is 1. The lowest BCUT2D eigenvalue weighted by Crippen LogP contribution is -2.56. The normalized spacial score (nSPS) is 21.9. The van der Waals surface area contributed by atoms with Gasteiger partial charge in [0.2, 0.25) is 5.91 Å². The van der Waals surface area contributed by atoms with Crippen LogP contribution in [-0.4, -0.2) is 55.9 Å². The molecule has 1 rings (SSSR count). The third-order valence-electron chi connectivity index (χ3n) is 2.94. The Morgan fingerprint density at radius 2 is 2.31 bits per heavy atom. The highest BCUT2D eigenvalue weighted by Crippen LogP contribution is 2.20. The van der Waals surface area contributed by atoms with E-state index in [1.54, 1.807) is 7.11 Å². The molecule has 1 fully saturated rings. The van der Waals surface area contributed by atoms with Gasteiger partial charge in [-0.15, -0.1) is 0 Å². The van der Waals surface area contributed by atoms with Crippen molar-refractivity contribution in [1.29, 1.82) is 0 Å². The standard InChI is InChI=1S/C11H22N2O3/c1-11(2)8-16-5-4-13(11)10(14)6-9(7-12)15-3/h9H,4-8,12H2,1-3H3. The molecule has 1 unspecified atom stereocenters. The van der Waals surface area contributed by atoms with E-state index in [2.05, 4.69) is 0 Å². The van der Waals surface area contributed by atoms with E-state index in [1.165, 1.54) is 0 Å². The van der Waals surface area contributed by atoms with Crippen LogP contribution in [0.3, 0.4) is 0 Å². The van der Waals surface area contributed by atoms with Crippen molar-refractivity contribution in [1.82, 2.24) is 4.90 Å². The summed E-state index contributed by atoms with van der Waals surface area (Å²) in [5.74, 6) is 0.0885. The second-order valence-corrected chi connectivity index (χ2v) is 4.71. The summed E-state index contributed by atoms with van der Waals surface area (Å²) in [6.07, 6.45) is 0.155. The van der Waals surface area contributed by atoms with Crippen molar-refractivity contribution in [3.8, 4) is 0 Å². The summed E-state index contributed by atoms with van der Waals surface area (Å²) >= 11 is 0. The monoisotopic (exact) mass is 230 g/mol. The number of carbonyl (C=O) groups is 1. The number of hydrogen-bond acceptors (Lipinski definition) is 4. The minimum absolute atomic E-state index is 0.0885. The Labute approximate surface area is 96.9 Å². The van der Waals surface area contributed by atoms with Crippen molar-refractivity contribution in [3.05, 3.63) is 0 Å². The number of ether oxygens (including phenoxy) is 2. The Balaban J connectivity index is 2.58. The van der Waals surface area contributed by atoms with Crippen molar-refractivity contribution in [2.75, 3.05) is 33.4 Å². The van der Waals surface area contributed by atoms with Crippen LogP contribution >= 0.6 is 0 Å². The molecular formula is C11H22N2O3. The van der Waals surface area contributed by atoms with E-state index in [0.29, 0.717) is 32.7 Å². The van der Waals surface area contributed by atoms with Gasteiger partial charge in [-0.25, -0.2) is 0 Å². The molecule has 0 aromatic carbocycles. The van der Waals surface area contributed by atoms with Gasteiger partial charge in [0.1, 0.15) is 0 Å². The van der Waals surface area contributed by atoms with E-state index in [9.17, 15) is 4.79 Å². The highest BCUT2D eigenvalue weighted by molar-refractivity contribution is 5.77. The number of morpholine rings is 1. The van der Waals surface area contributed by atoms with Crippen LogP contribution in [0.1, 0.15) is 20.3 Å². The molecule has 1 atom stereocenters. The molecule has 0 aromatic rings. The summed E-state index contributed by atoms with van der Waals surface area (Å²) in [4.78, 5) is 13.9. The number of amides is 1. The highest BCUT2D eigenvalue weighted by Gasteiger charge is 2.34. The van der Waals surface area contributed by atoms with Gasteiger partial charge in [-0.2, -0.15) is 0 Å². The van der Waals surface area contributed by atoms with Crippen LogP contribution in [0.4, 0.5) is 0 Å². The molecule has 5 nitrogen and oxygen atoms in total. The van der Waals surface area contributed by atoms with Crippen LogP contribution in [0, 0.1) is 0 Å². The molecule has 94 valence electrons. The number of hydrogen-bond donors (Lipinski definition) is 1. The molecule has 1 amide bonds. The van der Waals surface area contributed by atoms with Gasteiger partial charge in [0.05, 0.1) is 31.3 Å². The molecule has 2 N–H and O–H groups in total. The Bertz CT molecular complexity index is 239. The summed E-state index contributed by atoms with van der Waals surface area (Å²) in [5, 5.41) is 0. The minimum Gasteiger partial charge on any atom is -0.380 e. The molecule has 0 aliphatic carbocycles. The SMILES string of the molecule is COC(CN)CC(=O)N1CCOCC1(C)C. The van der Waals surface area contributed by atoms with Crippen LogP contribution in [0.25, 0.3) is 0 Å². The first-order valence-corrected chi connectivity index (χ1v) is 5.62. The van der Waals surface area contributed by atoms with Crippen LogP contribution in [-0.2, 0) is 14.3 Å². The van der Waals surface area contributed by atoms with E-state index >= 15 is 0 Å². The van der Waals surface area contributed by atoms with Crippen molar-refractivity contribution >= 4 is 5.91 Å². The van der Waals surface area contributed by atoms with Crippen LogP contribution in [0.2, 0.25) is 0 Å². The lowest BCUT2D eigenvalue weighted by molar-refractivity contribution is -0.148. The van der Waals surface area contributed by atoms with Gasteiger partial charge in [-0.05, 0) is 13.8 Å². The van der Waals surface area contributed by atoms with Crippen molar-refractivity contribution in [2.24, 2.45) is 5.73 Å². The van der Waals surface area contributed by atoms with E-state index in [0.717, 1.165) is 0 Å². The number of methoxy groups -OCH3 is 1. The van der Waals surface area contributed by atoms with Gasteiger partial charge in [-0.1, -0.05) is 0 Å². The zero-order valence-electron chi connectivity index (χ0n) is 10.4. The Hall–Kier alpha value is -0.650. The topological polar surface area (TPSA) is 64.8 Å². The summed E-state index contributed by atoms with van der Waals surface area (Å²) in [7, 11) is 1.58. The Morgan fingerprint density at radius 3 is 2.81 bits per heavy atom. The Morgan fingerprint density at radius 1 is 1.62 bits per heavy atom. The first-order valence-electron chi connectivity index (χ1n) is 5.62. The quantitative estimate of drug-likeness (QED) is 0.737. The van der Waals surface area contributed by atoms with Gasteiger partial charge < -0.3 is 20.1 Å². The fourth-order valence-electron chi connectivity index (χ4n) is 1.89. The molecule has 1 aliphatic rings. The fraction of sp³-hybridized carbons (Fsp3) is 0.909. The lowest BCUT2D eigenvalue weighted by Gasteiger charge is -2.42. The lowest BCUT2D eigenvalue weighted by atomic mass is 10.0. The molecule has 0 aromatic heterocycles. The van der Waals surface area contributed by atoms with Gasteiger partial charge >= 0.3 is 0 Å². The maximum absolute atomic E-state index is 12.1. The number of rotatable bonds is 4. The van der Waals surface area contributed by atoms with Crippen molar-refractivity contribution < 1.29 is 14.3 Å². The highest BCUT2D eigenvalue weighted by atomic mass is 16.5. The first-order chi connectivity index (χ1) is 7.51. The van der Waals surface area contributed by atoms with Crippen molar-refractivity contribution in [2.45, 2.75) is 31.9 Å². The number of nitrogens with two attached hydrogens (primary N) is 1. The second-order valence-electron chi connectivity index (χ2n) is 4.71. The molecule has 0 saturated carbocycles. The summed E-state index contributed by atoms with van der Waals surface area (Å²) < 4.78 is 10.5. The van der Waals surface area contributed by atoms with Gasteiger partial charge in [0.25, 0.3) is 0 Å². The summed E-state index contributed by atoms with van der Waals surface area (Å²) in [5.41, 5.74) is 5.27. The van der Waals surface area contributed by atoms with Gasteiger partial charge in [0, 0.05) is 20.2 Å². The molecule has 0 radical (unpaired) electrons. The smallest absolute Gasteiger partial charge is 0.225 e. The zero-order chi connectivity index (χ0) is 12.2. The van der Waals surface area contributed by atoms with Crippen molar-refractivity contribution in [3.63, 3.8) is 0 Å². The van der Waals surface area contributed by atoms with Crippen LogP contribution in [0.15, 0.2) is 0 Å². The average Bonchev–Trinajstić information content (AvgIpc) is 2.24. The second kappa shape index (κ2) is 5.61. The van der Waals surface area contributed by atoms with E-state index in [1.807, 2.05) is 18.7 Å². The molecule has 16 heavy (non-hydrogen) atoms. The third-order valence-corrected chi connectivity index (χ3v) is 2.94. The van der Waals surface area contributed by atoms with E-state index in [4.69, 9.17) is 15.2 Å². The minimum atomic E-state index is -0.234. The van der Waals surface area contributed by atoms with E-state index in [-0.39, 0.29) is 17.6 Å². The van der Waals surface area contributed by atoms with Crippen LogP contribution < -0.4 is 5.73 Å². The third kappa shape index (κ3) is 3.17. The molecule has 5 heteroatoms. The number of nitrogens with zero attached hydrogens (tertiary/aromatic N) is 1. The molecule has 1 aliphatic heterocycles. The zero-order valence-corrected chi connectivity index (χ0v) is 10.4. The molecule has 1 saturated heterocycles. The average molecular weight is 230 g/mol. The predicted octanol–water partition coefficient (Wildman–Crippen LogP) is -0.0124. The Kier molecular flexibility index (Phi) is 4.70. The van der Waals surface area contributed by atoms with Gasteiger partial charge in [0.15, 0.2) is 0 Å². The van der Waals surface area contributed by atoms with Crippen LogP contribution in [0.5, 0.6) is 0 Å².